The molecular weight excluding hydrogens is 268 g/mol. The highest BCUT2D eigenvalue weighted by Crippen LogP contribution is 2.24. The summed E-state index contributed by atoms with van der Waals surface area (Å²) in [5.41, 5.74) is 1.69. The summed E-state index contributed by atoms with van der Waals surface area (Å²) in [5, 5.41) is 14.5. The number of benzene rings is 1. The van der Waals surface area contributed by atoms with E-state index in [0.29, 0.717) is 12.1 Å². The summed E-state index contributed by atoms with van der Waals surface area (Å²) in [7, 11) is 0. The lowest BCUT2D eigenvalue weighted by atomic mass is 9.84. The summed E-state index contributed by atoms with van der Waals surface area (Å²) in [4.78, 5) is 23.0. The van der Waals surface area contributed by atoms with Gasteiger partial charge in [0.05, 0.1) is 5.92 Å². The van der Waals surface area contributed by atoms with Gasteiger partial charge in [-0.2, -0.15) is 0 Å². The Bertz CT molecular complexity index is 489. The third kappa shape index (κ3) is 6.79. The second-order valence-electron chi connectivity index (χ2n) is 6.50. The van der Waals surface area contributed by atoms with Gasteiger partial charge in [0.1, 0.15) is 0 Å². The summed E-state index contributed by atoms with van der Waals surface area (Å²) < 4.78 is 0. The maximum absolute atomic E-state index is 11.8. The van der Waals surface area contributed by atoms with Crippen molar-refractivity contribution in [3.63, 3.8) is 0 Å². The SMILES string of the molecule is Cc1ccc(NC(=O)NCC(CC(C)(C)C)C(=O)O)cc1. The predicted molar refractivity (Wildman–Crippen MR) is 83.4 cm³/mol. The van der Waals surface area contributed by atoms with Crippen LogP contribution in [0.1, 0.15) is 32.8 Å². The van der Waals surface area contributed by atoms with Gasteiger partial charge in [0.15, 0.2) is 0 Å². The Labute approximate surface area is 125 Å². The van der Waals surface area contributed by atoms with E-state index >= 15 is 0 Å². The predicted octanol–water partition coefficient (Wildman–Crippen LogP) is 3.25. The standard InChI is InChI=1S/C16H24N2O3/c1-11-5-7-13(8-6-11)18-15(21)17-10-12(14(19)20)9-16(2,3)4/h5-8,12H,9-10H2,1-4H3,(H,19,20)(H2,17,18,21). The molecule has 1 aromatic carbocycles. The zero-order valence-electron chi connectivity index (χ0n) is 13.1. The second kappa shape index (κ2) is 7.11. The Morgan fingerprint density at radius 3 is 2.24 bits per heavy atom. The van der Waals surface area contributed by atoms with Gasteiger partial charge >= 0.3 is 12.0 Å². The first kappa shape index (κ1) is 17.0. The van der Waals surface area contributed by atoms with E-state index in [1.165, 1.54) is 0 Å². The maximum Gasteiger partial charge on any atom is 0.319 e. The lowest BCUT2D eigenvalue weighted by molar-refractivity contribution is -0.142. The van der Waals surface area contributed by atoms with E-state index in [4.69, 9.17) is 0 Å². The minimum atomic E-state index is -0.888. The highest BCUT2D eigenvalue weighted by atomic mass is 16.4. The van der Waals surface area contributed by atoms with Gasteiger partial charge in [-0.05, 0) is 30.9 Å². The van der Waals surface area contributed by atoms with Gasteiger partial charge in [-0.25, -0.2) is 4.79 Å². The molecular formula is C16H24N2O3. The van der Waals surface area contributed by atoms with Crippen molar-refractivity contribution in [3.05, 3.63) is 29.8 Å². The molecule has 5 heteroatoms. The fraction of sp³-hybridized carbons (Fsp3) is 0.500. The molecule has 1 unspecified atom stereocenters. The summed E-state index contributed by atoms with van der Waals surface area (Å²) in [6, 6.07) is 7.01. The van der Waals surface area contributed by atoms with Gasteiger partial charge in [0.25, 0.3) is 0 Å². The molecule has 0 aliphatic carbocycles. The number of rotatable bonds is 5. The molecule has 0 radical (unpaired) electrons. The minimum Gasteiger partial charge on any atom is -0.481 e. The number of urea groups is 1. The summed E-state index contributed by atoms with van der Waals surface area (Å²) in [6.45, 7) is 8.03. The lowest BCUT2D eigenvalue weighted by Crippen LogP contribution is -2.37. The Kier molecular flexibility index (Phi) is 5.76. The van der Waals surface area contributed by atoms with Gasteiger partial charge in [-0.3, -0.25) is 4.79 Å². The number of carboxylic acid groups (broad SMARTS) is 1. The molecule has 5 nitrogen and oxygen atoms in total. The maximum atomic E-state index is 11.8. The van der Waals surface area contributed by atoms with Crippen molar-refractivity contribution >= 4 is 17.7 Å². The summed E-state index contributed by atoms with van der Waals surface area (Å²) >= 11 is 0. The zero-order chi connectivity index (χ0) is 16.0. The molecule has 1 aromatic rings. The molecule has 0 saturated heterocycles. The minimum absolute atomic E-state index is 0.0990. The molecule has 21 heavy (non-hydrogen) atoms. The van der Waals surface area contributed by atoms with Crippen molar-refractivity contribution in [2.75, 3.05) is 11.9 Å². The van der Waals surface area contributed by atoms with Crippen LogP contribution < -0.4 is 10.6 Å². The monoisotopic (exact) mass is 292 g/mol. The number of carbonyl (C=O) groups is 2. The van der Waals surface area contributed by atoms with E-state index in [2.05, 4.69) is 10.6 Å². The smallest absolute Gasteiger partial charge is 0.319 e. The lowest BCUT2D eigenvalue weighted by Gasteiger charge is -2.23. The van der Waals surface area contributed by atoms with Crippen LogP contribution in [-0.2, 0) is 4.79 Å². The number of hydrogen-bond acceptors (Lipinski definition) is 2. The molecule has 3 N–H and O–H groups in total. The number of aliphatic carboxylic acids is 1. The van der Waals surface area contributed by atoms with E-state index in [1.54, 1.807) is 12.1 Å². The van der Waals surface area contributed by atoms with E-state index in [9.17, 15) is 14.7 Å². The fourth-order valence-electron chi connectivity index (χ4n) is 2.01. The molecule has 0 spiro atoms. The molecule has 0 fully saturated rings. The zero-order valence-corrected chi connectivity index (χ0v) is 13.1. The van der Waals surface area contributed by atoms with E-state index in [0.717, 1.165) is 5.56 Å². The molecule has 0 aromatic heterocycles. The number of carbonyl (C=O) groups excluding carboxylic acids is 1. The number of anilines is 1. The third-order valence-electron chi connectivity index (χ3n) is 3.03. The van der Waals surface area contributed by atoms with Gasteiger partial charge < -0.3 is 15.7 Å². The molecule has 0 bridgehead atoms. The van der Waals surface area contributed by atoms with Gasteiger partial charge in [0, 0.05) is 12.2 Å². The van der Waals surface area contributed by atoms with Crippen LogP contribution in [0, 0.1) is 18.3 Å². The molecule has 116 valence electrons. The third-order valence-corrected chi connectivity index (χ3v) is 3.03. The van der Waals surface area contributed by atoms with Crippen LogP contribution in [0.5, 0.6) is 0 Å². The van der Waals surface area contributed by atoms with Crippen LogP contribution in [0.25, 0.3) is 0 Å². The van der Waals surface area contributed by atoms with Gasteiger partial charge in [0.2, 0.25) is 0 Å². The largest absolute Gasteiger partial charge is 0.481 e. The highest BCUT2D eigenvalue weighted by Gasteiger charge is 2.24. The second-order valence-corrected chi connectivity index (χ2v) is 6.50. The van der Waals surface area contributed by atoms with Crippen LogP contribution in [0.15, 0.2) is 24.3 Å². The molecule has 0 heterocycles. The Hall–Kier alpha value is -2.04. The highest BCUT2D eigenvalue weighted by molar-refractivity contribution is 5.89. The fourth-order valence-corrected chi connectivity index (χ4v) is 2.01. The average Bonchev–Trinajstić information content (AvgIpc) is 2.35. The number of aryl methyl sites for hydroxylation is 1. The van der Waals surface area contributed by atoms with Crippen molar-refractivity contribution in [1.82, 2.24) is 5.32 Å². The van der Waals surface area contributed by atoms with Crippen LogP contribution in [0.4, 0.5) is 10.5 Å². The van der Waals surface area contributed by atoms with Crippen LogP contribution in [0.3, 0.4) is 0 Å². The first-order chi connectivity index (χ1) is 9.67. The van der Waals surface area contributed by atoms with Crippen molar-refractivity contribution < 1.29 is 14.7 Å². The Morgan fingerprint density at radius 1 is 1.19 bits per heavy atom. The molecule has 0 aliphatic heterocycles. The molecule has 0 aliphatic rings. The Balaban J connectivity index is 2.50. The van der Waals surface area contributed by atoms with Crippen molar-refractivity contribution in [2.45, 2.75) is 34.1 Å². The van der Waals surface area contributed by atoms with E-state index in [-0.39, 0.29) is 18.0 Å². The van der Waals surface area contributed by atoms with Crippen LogP contribution in [-0.4, -0.2) is 23.7 Å². The van der Waals surface area contributed by atoms with E-state index in [1.807, 2.05) is 39.8 Å². The Morgan fingerprint density at radius 2 is 1.76 bits per heavy atom. The first-order valence-corrected chi connectivity index (χ1v) is 7.02. The first-order valence-electron chi connectivity index (χ1n) is 7.02. The van der Waals surface area contributed by atoms with Crippen molar-refractivity contribution in [3.8, 4) is 0 Å². The van der Waals surface area contributed by atoms with Crippen molar-refractivity contribution in [2.24, 2.45) is 11.3 Å². The number of carboxylic acids is 1. The number of hydrogen-bond donors (Lipinski definition) is 3. The van der Waals surface area contributed by atoms with Gasteiger partial charge in [-0.15, -0.1) is 0 Å². The normalized spacial score (nSPS) is 12.6. The topological polar surface area (TPSA) is 78.4 Å². The van der Waals surface area contributed by atoms with Crippen LogP contribution in [0.2, 0.25) is 0 Å². The van der Waals surface area contributed by atoms with Gasteiger partial charge in [-0.1, -0.05) is 38.5 Å². The quantitative estimate of drug-likeness (QED) is 0.779. The molecule has 2 amide bonds. The number of nitrogens with one attached hydrogen (secondary N) is 2. The number of amides is 2. The average molecular weight is 292 g/mol. The summed E-state index contributed by atoms with van der Waals surface area (Å²) in [6.07, 6.45) is 0.507. The van der Waals surface area contributed by atoms with E-state index < -0.39 is 11.9 Å². The molecule has 0 saturated carbocycles. The van der Waals surface area contributed by atoms with Crippen LogP contribution >= 0.6 is 0 Å². The summed E-state index contributed by atoms with van der Waals surface area (Å²) in [5.74, 6) is -1.48. The molecule has 1 rings (SSSR count). The van der Waals surface area contributed by atoms with Crippen molar-refractivity contribution in [1.29, 1.82) is 0 Å². The molecule has 1 atom stereocenters.